The Morgan fingerprint density at radius 3 is 2.64 bits per heavy atom. The van der Waals surface area contributed by atoms with E-state index in [0.717, 1.165) is 15.6 Å². The number of rotatable bonds is 5. The van der Waals surface area contributed by atoms with Crippen LogP contribution in [-0.4, -0.2) is 24.0 Å². The van der Waals surface area contributed by atoms with Crippen molar-refractivity contribution in [2.75, 3.05) is 12.4 Å². The number of para-hydroxylation sites is 1. The number of ether oxygens (including phenoxy) is 1. The lowest BCUT2D eigenvalue weighted by atomic mass is 10.1. The minimum absolute atomic E-state index is 0.137. The van der Waals surface area contributed by atoms with Crippen LogP contribution in [0.2, 0.25) is 0 Å². The van der Waals surface area contributed by atoms with Gasteiger partial charge in [-0.25, -0.2) is 9.78 Å². The van der Waals surface area contributed by atoms with E-state index >= 15 is 0 Å². The van der Waals surface area contributed by atoms with Gasteiger partial charge in [-0.2, -0.15) is 0 Å². The lowest BCUT2D eigenvalue weighted by molar-refractivity contribution is -0.116. The fourth-order valence-electron chi connectivity index (χ4n) is 2.13. The Hall–Kier alpha value is -2.21. The van der Waals surface area contributed by atoms with Crippen LogP contribution in [0, 0.1) is 13.8 Å². The van der Waals surface area contributed by atoms with Crippen LogP contribution in [0.25, 0.3) is 0 Å². The average molecular weight is 318 g/mol. The molecule has 5 nitrogen and oxygen atoms in total. The van der Waals surface area contributed by atoms with Crippen LogP contribution in [0.15, 0.2) is 24.3 Å². The molecule has 0 unspecified atom stereocenters. The van der Waals surface area contributed by atoms with E-state index in [2.05, 4.69) is 10.3 Å². The second-order valence-corrected chi connectivity index (χ2v) is 6.11. The van der Waals surface area contributed by atoms with Crippen molar-refractivity contribution >= 4 is 28.9 Å². The fraction of sp³-hybridized carbons (Fsp3) is 0.312. The molecule has 0 saturated carbocycles. The third-order valence-electron chi connectivity index (χ3n) is 3.19. The van der Waals surface area contributed by atoms with Crippen molar-refractivity contribution in [3.05, 3.63) is 45.4 Å². The Bertz CT molecular complexity index is 694. The Balaban J connectivity index is 2.01. The van der Waals surface area contributed by atoms with E-state index in [0.29, 0.717) is 24.1 Å². The summed E-state index contributed by atoms with van der Waals surface area (Å²) in [7, 11) is 1.32. The van der Waals surface area contributed by atoms with Gasteiger partial charge in [0.25, 0.3) is 0 Å². The van der Waals surface area contributed by atoms with Crippen LogP contribution < -0.4 is 5.32 Å². The number of carbonyl (C=O) groups is 2. The summed E-state index contributed by atoms with van der Waals surface area (Å²) in [4.78, 5) is 29.2. The van der Waals surface area contributed by atoms with E-state index in [1.54, 1.807) is 35.6 Å². The minimum Gasteiger partial charge on any atom is -0.465 e. The second-order valence-electron chi connectivity index (χ2n) is 4.83. The first-order valence-electron chi connectivity index (χ1n) is 6.91. The summed E-state index contributed by atoms with van der Waals surface area (Å²) >= 11 is 1.61. The normalized spacial score (nSPS) is 10.3. The van der Waals surface area contributed by atoms with Crippen LogP contribution in [0.1, 0.15) is 32.4 Å². The molecule has 2 aromatic rings. The highest BCUT2D eigenvalue weighted by Crippen LogP contribution is 2.20. The number of amides is 1. The number of thiazole rings is 1. The fourth-order valence-corrected chi connectivity index (χ4v) is 3.06. The molecule has 0 saturated heterocycles. The number of anilines is 1. The lowest BCUT2D eigenvalue weighted by Crippen LogP contribution is -2.15. The Kier molecular flexibility index (Phi) is 5.27. The molecule has 1 aromatic heterocycles. The molecule has 1 heterocycles. The molecular weight excluding hydrogens is 300 g/mol. The maximum atomic E-state index is 12.1. The van der Waals surface area contributed by atoms with Gasteiger partial charge < -0.3 is 10.1 Å². The average Bonchev–Trinajstić information content (AvgIpc) is 2.83. The molecule has 1 amide bonds. The maximum Gasteiger partial charge on any atom is 0.339 e. The SMILES string of the molecule is COC(=O)c1ccccc1NC(=O)CCc1sc(C)nc1C. The van der Waals surface area contributed by atoms with Crippen molar-refractivity contribution in [3.8, 4) is 0 Å². The quantitative estimate of drug-likeness (QED) is 0.860. The highest BCUT2D eigenvalue weighted by atomic mass is 32.1. The van der Waals surface area contributed by atoms with Crippen LogP contribution >= 0.6 is 11.3 Å². The summed E-state index contributed by atoms with van der Waals surface area (Å²) in [6.45, 7) is 3.90. The molecule has 0 spiro atoms. The lowest BCUT2D eigenvalue weighted by Gasteiger charge is -2.09. The highest BCUT2D eigenvalue weighted by Gasteiger charge is 2.14. The first kappa shape index (κ1) is 16.2. The molecule has 6 heteroatoms. The van der Waals surface area contributed by atoms with Crippen molar-refractivity contribution in [2.45, 2.75) is 26.7 Å². The number of carbonyl (C=O) groups excluding carboxylic acids is 2. The predicted octanol–water partition coefficient (Wildman–Crippen LogP) is 3.12. The largest absolute Gasteiger partial charge is 0.465 e. The number of nitrogens with zero attached hydrogens (tertiary/aromatic N) is 1. The van der Waals surface area contributed by atoms with E-state index in [-0.39, 0.29) is 5.91 Å². The highest BCUT2D eigenvalue weighted by molar-refractivity contribution is 7.11. The van der Waals surface area contributed by atoms with E-state index in [4.69, 9.17) is 4.74 Å². The molecule has 1 aromatic carbocycles. The number of aromatic nitrogens is 1. The standard InChI is InChI=1S/C16H18N2O3S/c1-10-14(22-11(2)17-10)8-9-15(19)18-13-7-5-4-6-12(13)16(20)21-3/h4-7H,8-9H2,1-3H3,(H,18,19). The van der Waals surface area contributed by atoms with Crippen molar-refractivity contribution in [1.82, 2.24) is 4.98 Å². The van der Waals surface area contributed by atoms with E-state index < -0.39 is 5.97 Å². The van der Waals surface area contributed by atoms with Gasteiger partial charge in [0.05, 0.1) is 29.1 Å². The zero-order valence-corrected chi connectivity index (χ0v) is 13.6. The van der Waals surface area contributed by atoms with Crippen molar-refractivity contribution in [3.63, 3.8) is 0 Å². The summed E-state index contributed by atoms with van der Waals surface area (Å²) in [5.41, 5.74) is 1.80. The zero-order valence-electron chi connectivity index (χ0n) is 12.8. The van der Waals surface area contributed by atoms with Gasteiger partial charge in [0.2, 0.25) is 5.91 Å². The predicted molar refractivity (Wildman–Crippen MR) is 86.3 cm³/mol. The molecule has 0 aliphatic rings. The molecule has 22 heavy (non-hydrogen) atoms. The molecular formula is C16H18N2O3S. The summed E-state index contributed by atoms with van der Waals surface area (Å²) in [5.74, 6) is -0.605. The van der Waals surface area contributed by atoms with E-state index in [1.165, 1.54) is 7.11 Å². The van der Waals surface area contributed by atoms with Crippen LogP contribution in [-0.2, 0) is 16.0 Å². The Morgan fingerprint density at radius 1 is 1.27 bits per heavy atom. The number of hydrogen-bond donors (Lipinski definition) is 1. The van der Waals surface area contributed by atoms with E-state index in [9.17, 15) is 9.59 Å². The topological polar surface area (TPSA) is 68.3 Å². The summed E-state index contributed by atoms with van der Waals surface area (Å²) < 4.78 is 4.71. The van der Waals surface area contributed by atoms with Gasteiger partial charge in [0.1, 0.15) is 0 Å². The third kappa shape index (κ3) is 3.92. The number of aryl methyl sites for hydroxylation is 3. The Morgan fingerprint density at radius 2 is 2.00 bits per heavy atom. The van der Waals surface area contributed by atoms with Gasteiger partial charge in [-0.15, -0.1) is 11.3 Å². The molecule has 0 aliphatic heterocycles. The molecule has 0 fully saturated rings. The van der Waals surface area contributed by atoms with Crippen LogP contribution in [0.4, 0.5) is 5.69 Å². The molecule has 0 bridgehead atoms. The van der Waals surface area contributed by atoms with Gasteiger partial charge >= 0.3 is 5.97 Å². The van der Waals surface area contributed by atoms with Crippen LogP contribution in [0.3, 0.4) is 0 Å². The van der Waals surface area contributed by atoms with Gasteiger partial charge in [0, 0.05) is 11.3 Å². The Labute approximate surface area is 133 Å². The minimum atomic E-state index is -0.468. The molecule has 2 rings (SSSR count). The smallest absolute Gasteiger partial charge is 0.339 e. The first-order chi connectivity index (χ1) is 10.5. The van der Waals surface area contributed by atoms with Gasteiger partial charge in [-0.05, 0) is 32.4 Å². The van der Waals surface area contributed by atoms with Gasteiger partial charge in [-0.3, -0.25) is 4.79 Å². The van der Waals surface area contributed by atoms with Crippen molar-refractivity contribution < 1.29 is 14.3 Å². The number of esters is 1. The summed E-state index contributed by atoms with van der Waals surface area (Å²) in [6.07, 6.45) is 0.988. The van der Waals surface area contributed by atoms with E-state index in [1.807, 2.05) is 13.8 Å². The summed E-state index contributed by atoms with van der Waals surface area (Å²) in [6, 6.07) is 6.80. The van der Waals surface area contributed by atoms with Crippen LogP contribution in [0.5, 0.6) is 0 Å². The number of methoxy groups -OCH3 is 1. The molecule has 1 N–H and O–H groups in total. The van der Waals surface area contributed by atoms with Gasteiger partial charge in [-0.1, -0.05) is 12.1 Å². The number of benzene rings is 1. The van der Waals surface area contributed by atoms with Crippen molar-refractivity contribution in [1.29, 1.82) is 0 Å². The molecule has 116 valence electrons. The maximum absolute atomic E-state index is 12.1. The summed E-state index contributed by atoms with van der Waals surface area (Å²) in [5, 5.41) is 3.77. The first-order valence-corrected chi connectivity index (χ1v) is 7.73. The third-order valence-corrected chi connectivity index (χ3v) is 4.32. The number of nitrogens with one attached hydrogen (secondary N) is 1. The molecule has 0 radical (unpaired) electrons. The molecule has 0 aliphatic carbocycles. The second kappa shape index (κ2) is 7.17. The monoisotopic (exact) mass is 318 g/mol. The van der Waals surface area contributed by atoms with Gasteiger partial charge in [0.15, 0.2) is 0 Å². The molecule has 0 atom stereocenters. The zero-order chi connectivity index (χ0) is 16.1. The number of hydrogen-bond acceptors (Lipinski definition) is 5. The van der Waals surface area contributed by atoms with Crippen molar-refractivity contribution in [2.24, 2.45) is 0 Å².